The highest BCUT2D eigenvalue weighted by Gasteiger charge is 2.27. The Kier molecular flexibility index (Phi) is 5.33. The summed E-state index contributed by atoms with van der Waals surface area (Å²) in [6.07, 6.45) is 3.91. The van der Waals surface area contributed by atoms with E-state index in [-0.39, 0.29) is 17.9 Å². The fourth-order valence-corrected chi connectivity index (χ4v) is 3.75. The van der Waals surface area contributed by atoms with Crippen LogP contribution in [-0.4, -0.2) is 37.0 Å². The summed E-state index contributed by atoms with van der Waals surface area (Å²) in [4.78, 5) is 27.3. The Hall–Kier alpha value is -2.82. The lowest BCUT2D eigenvalue weighted by atomic mass is 10.0. The molecule has 146 valence electrons. The van der Waals surface area contributed by atoms with Crippen LogP contribution in [0.2, 0.25) is 0 Å². The molecule has 4 rings (SSSR count). The second-order valence-corrected chi connectivity index (χ2v) is 7.87. The minimum absolute atomic E-state index is 0.00800. The Bertz CT molecular complexity index is 868. The maximum Gasteiger partial charge on any atom is 0.253 e. The first-order valence-electron chi connectivity index (χ1n) is 10.1. The second kappa shape index (κ2) is 8.05. The van der Waals surface area contributed by atoms with E-state index in [1.165, 1.54) is 0 Å². The van der Waals surface area contributed by atoms with Gasteiger partial charge in [-0.3, -0.25) is 9.59 Å². The summed E-state index contributed by atoms with van der Waals surface area (Å²) in [6.45, 7) is 3.64. The van der Waals surface area contributed by atoms with E-state index in [2.05, 4.69) is 15.5 Å². The monoisotopic (exact) mass is 377 g/mol. The molecule has 2 N–H and O–H groups in total. The first kappa shape index (κ1) is 18.5. The van der Waals surface area contributed by atoms with E-state index in [1.807, 2.05) is 55.5 Å². The van der Waals surface area contributed by atoms with E-state index < -0.39 is 0 Å². The van der Waals surface area contributed by atoms with E-state index >= 15 is 0 Å². The normalized spacial score (nSPS) is 17.2. The number of anilines is 1. The van der Waals surface area contributed by atoms with Crippen molar-refractivity contribution in [2.45, 2.75) is 44.7 Å². The maximum absolute atomic E-state index is 12.6. The number of nitrogens with one attached hydrogen (secondary N) is 2. The first-order valence-corrected chi connectivity index (χ1v) is 10.1. The van der Waals surface area contributed by atoms with E-state index in [0.717, 1.165) is 55.6 Å². The zero-order valence-corrected chi connectivity index (χ0v) is 16.3. The smallest absolute Gasteiger partial charge is 0.253 e. The van der Waals surface area contributed by atoms with Crippen molar-refractivity contribution in [2.24, 2.45) is 0 Å². The Morgan fingerprint density at radius 2 is 1.54 bits per heavy atom. The topological polar surface area (TPSA) is 61.4 Å². The molecular formula is C23H27N3O2. The molecule has 0 aromatic heterocycles. The predicted molar refractivity (Wildman–Crippen MR) is 111 cm³/mol. The van der Waals surface area contributed by atoms with Crippen LogP contribution in [0.1, 0.15) is 52.0 Å². The van der Waals surface area contributed by atoms with Gasteiger partial charge in [0.2, 0.25) is 0 Å². The van der Waals surface area contributed by atoms with Crippen LogP contribution in [0.3, 0.4) is 0 Å². The molecule has 0 unspecified atom stereocenters. The third-order valence-corrected chi connectivity index (χ3v) is 5.51. The summed E-state index contributed by atoms with van der Waals surface area (Å²) < 4.78 is 0. The van der Waals surface area contributed by atoms with Gasteiger partial charge < -0.3 is 15.5 Å². The summed E-state index contributed by atoms with van der Waals surface area (Å²) in [7, 11) is 0. The predicted octanol–water partition coefficient (Wildman–Crippen LogP) is 3.29. The van der Waals surface area contributed by atoms with Crippen LogP contribution < -0.4 is 15.5 Å². The van der Waals surface area contributed by atoms with Gasteiger partial charge in [0, 0.05) is 36.4 Å². The summed E-state index contributed by atoms with van der Waals surface area (Å²) in [5.41, 5.74) is 3.54. The van der Waals surface area contributed by atoms with Gasteiger partial charge in [0.1, 0.15) is 0 Å². The van der Waals surface area contributed by atoms with Crippen molar-refractivity contribution in [3.05, 3.63) is 65.2 Å². The molecule has 1 heterocycles. The van der Waals surface area contributed by atoms with Gasteiger partial charge in [0.25, 0.3) is 11.8 Å². The zero-order chi connectivity index (χ0) is 19.5. The fourth-order valence-electron chi connectivity index (χ4n) is 3.75. The number of amides is 2. The molecule has 2 aliphatic rings. The number of hydrogen-bond donors (Lipinski definition) is 2. The lowest BCUT2D eigenvalue weighted by molar-refractivity contribution is 0.0929. The van der Waals surface area contributed by atoms with Crippen molar-refractivity contribution in [1.82, 2.24) is 10.6 Å². The van der Waals surface area contributed by atoms with Gasteiger partial charge in [0.15, 0.2) is 0 Å². The fraction of sp³-hybridized carbons (Fsp3) is 0.391. The lowest BCUT2D eigenvalue weighted by Gasteiger charge is -2.35. The largest absolute Gasteiger partial charge is 0.371 e. The molecule has 5 nitrogen and oxygen atoms in total. The first-order chi connectivity index (χ1) is 13.6. The highest BCUT2D eigenvalue weighted by Crippen LogP contribution is 2.26. The van der Waals surface area contributed by atoms with Crippen molar-refractivity contribution in [3.63, 3.8) is 0 Å². The number of piperidine rings is 1. The number of carbonyl (C=O) groups excluding carboxylic acids is 2. The van der Waals surface area contributed by atoms with Crippen LogP contribution in [-0.2, 0) is 0 Å². The summed E-state index contributed by atoms with van der Waals surface area (Å²) >= 11 is 0. The minimum Gasteiger partial charge on any atom is -0.371 e. The van der Waals surface area contributed by atoms with E-state index in [0.29, 0.717) is 11.6 Å². The molecular weight excluding hydrogens is 350 g/mol. The number of para-hydroxylation sites is 1. The molecule has 5 heteroatoms. The Morgan fingerprint density at radius 1 is 0.857 bits per heavy atom. The molecule has 28 heavy (non-hydrogen) atoms. The van der Waals surface area contributed by atoms with E-state index in [4.69, 9.17) is 0 Å². The van der Waals surface area contributed by atoms with Gasteiger partial charge in [-0.15, -0.1) is 0 Å². The maximum atomic E-state index is 12.6. The van der Waals surface area contributed by atoms with Gasteiger partial charge in [-0.1, -0.05) is 29.8 Å². The van der Waals surface area contributed by atoms with E-state index in [1.54, 1.807) is 0 Å². The molecule has 2 aromatic rings. The quantitative estimate of drug-likeness (QED) is 0.841. The highest BCUT2D eigenvalue weighted by atomic mass is 16.2. The molecule has 0 spiro atoms. The van der Waals surface area contributed by atoms with Gasteiger partial charge in [-0.2, -0.15) is 0 Å². The van der Waals surface area contributed by atoms with Crippen LogP contribution >= 0.6 is 0 Å². The summed E-state index contributed by atoms with van der Waals surface area (Å²) in [5.74, 6) is 0.0133. The SMILES string of the molecule is Cc1cccc(C(=O)NC2CCN(c3ccccc3C(=O)NC3CC3)CC2)c1. The Balaban J connectivity index is 1.36. The Labute approximate surface area is 166 Å². The molecule has 0 bridgehead atoms. The number of benzene rings is 2. The second-order valence-electron chi connectivity index (χ2n) is 7.87. The number of hydrogen-bond acceptors (Lipinski definition) is 3. The third kappa shape index (κ3) is 4.35. The highest BCUT2D eigenvalue weighted by molar-refractivity contribution is 6.00. The van der Waals surface area contributed by atoms with Crippen LogP contribution in [0, 0.1) is 6.92 Å². The molecule has 1 saturated heterocycles. The molecule has 2 fully saturated rings. The van der Waals surface area contributed by atoms with Crippen LogP contribution in [0.25, 0.3) is 0 Å². The lowest BCUT2D eigenvalue weighted by Crippen LogP contribution is -2.45. The molecule has 0 radical (unpaired) electrons. The summed E-state index contributed by atoms with van der Waals surface area (Å²) in [5, 5.41) is 6.25. The number of nitrogens with zero attached hydrogens (tertiary/aromatic N) is 1. The number of rotatable bonds is 5. The molecule has 2 aromatic carbocycles. The molecule has 2 amide bonds. The minimum atomic E-state index is -0.00800. The average molecular weight is 377 g/mol. The third-order valence-electron chi connectivity index (χ3n) is 5.51. The summed E-state index contributed by atoms with van der Waals surface area (Å²) in [6, 6.07) is 16.0. The van der Waals surface area contributed by atoms with Gasteiger partial charge in [0.05, 0.1) is 5.56 Å². The van der Waals surface area contributed by atoms with E-state index in [9.17, 15) is 9.59 Å². The molecule has 1 aliphatic carbocycles. The van der Waals surface area contributed by atoms with Crippen molar-refractivity contribution < 1.29 is 9.59 Å². The van der Waals surface area contributed by atoms with Gasteiger partial charge in [-0.25, -0.2) is 0 Å². The number of aryl methyl sites for hydroxylation is 1. The standard InChI is InChI=1S/C23H27N3O2/c1-16-5-4-6-17(15-16)22(27)24-19-11-13-26(14-12-19)21-8-3-2-7-20(21)23(28)25-18-9-10-18/h2-8,15,18-19H,9-14H2,1H3,(H,24,27)(H,25,28). The molecule has 1 saturated carbocycles. The Morgan fingerprint density at radius 3 is 2.25 bits per heavy atom. The van der Waals surface area contributed by atoms with Crippen LogP contribution in [0.5, 0.6) is 0 Å². The van der Waals surface area contributed by atoms with Crippen LogP contribution in [0.4, 0.5) is 5.69 Å². The molecule has 1 aliphatic heterocycles. The van der Waals surface area contributed by atoms with Crippen molar-refractivity contribution in [1.29, 1.82) is 0 Å². The number of carbonyl (C=O) groups is 2. The van der Waals surface area contributed by atoms with Crippen molar-refractivity contribution in [3.8, 4) is 0 Å². The van der Waals surface area contributed by atoms with Crippen LogP contribution in [0.15, 0.2) is 48.5 Å². The van der Waals surface area contributed by atoms with Crippen molar-refractivity contribution in [2.75, 3.05) is 18.0 Å². The van der Waals surface area contributed by atoms with Gasteiger partial charge in [-0.05, 0) is 56.9 Å². The van der Waals surface area contributed by atoms with Gasteiger partial charge >= 0.3 is 0 Å². The molecule has 0 atom stereocenters. The average Bonchev–Trinajstić information content (AvgIpc) is 3.52. The van der Waals surface area contributed by atoms with Crippen molar-refractivity contribution >= 4 is 17.5 Å². The zero-order valence-electron chi connectivity index (χ0n) is 16.3.